The molecular weight excluding hydrogens is 244 g/mol. The van der Waals surface area contributed by atoms with Crippen LogP contribution < -0.4 is 10.5 Å². The highest BCUT2D eigenvalue weighted by Crippen LogP contribution is 2.18. The average molecular weight is 258 g/mol. The lowest BCUT2D eigenvalue weighted by Gasteiger charge is -2.13. The Labute approximate surface area is 110 Å². The van der Waals surface area contributed by atoms with E-state index in [9.17, 15) is 10.1 Å². The Morgan fingerprint density at radius 1 is 1.11 bits per heavy atom. The second-order valence-corrected chi connectivity index (χ2v) is 4.08. The number of benzene rings is 2. The van der Waals surface area contributed by atoms with Crippen molar-refractivity contribution in [2.45, 2.75) is 6.04 Å². The monoisotopic (exact) mass is 258 g/mol. The second-order valence-electron chi connectivity index (χ2n) is 4.08. The molecule has 2 rings (SSSR count). The molecule has 2 aromatic carbocycles. The molecule has 1 atom stereocenters. The highest BCUT2D eigenvalue weighted by molar-refractivity contribution is 5.36. The van der Waals surface area contributed by atoms with Gasteiger partial charge in [0.1, 0.15) is 12.4 Å². The Bertz CT molecular complexity index is 540. The van der Waals surface area contributed by atoms with Crippen LogP contribution in [-0.2, 0) is 0 Å². The van der Waals surface area contributed by atoms with Gasteiger partial charge in [-0.2, -0.15) is 0 Å². The first-order valence-corrected chi connectivity index (χ1v) is 5.84. The van der Waals surface area contributed by atoms with E-state index in [0.717, 1.165) is 5.56 Å². The fourth-order valence-electron chi connectivity index (χ4n) is 1.65. The van der Waals surface area contributed by atoms with Crippen LogP contribution in [0.3, 0.4) is 0 Å². The van der Waals surface area contributed by atoms with Gasteiger partial charge >= 0.3 is 0 Å². The van der Waals surface area contributed by atoms with Gasteiger partial charge in [0.15, 0.2) is 0 Å². The van der Waals surface area contributed by atoms with Gasteiger partial charge in [-0.3, -0.25) is 10.1 Å². The second kappa shape index (κ2) is 5.97. The molecule has 5 heteroatoms. The van der Waals surface area contributed by atoms with Gasteiger partial charge in [-0.05, 0) is 17.7 Å². The molecule has 0 heterocycles. The summed E-state index contributed by atoms with van der Waals surface area (Å²) >= 11 is 0. The Kier molecular flexibility index (Phi) is 4.10. The van der Waals surface area contributed by atoms with Crippen LogP contribution in [0.25, 0.3) is 0 Å². The molecule has 0 aliphatic heterocycles. The van der Waals surface area contributed by atoms with E-state index in [0.29, 0.717) is 12.4 Å². The van der Waals surface area contributed by atoms with E-state index in [2.05, 4.69) is 0 Å². The van der Waals surface area contributed by atoms with Crippen molar-refractivity contribution in [3.8, 4) is 5.75 Å². The van der Waals surface area contributed by atoms with Crippen molar-refractivity contribution in [1.82, 2.24) is 0 Å². The number of hydrogen-bond acceptors (Lipinski definition) is 4. The molecule has 2 aromatic rings. The van der Waals surface area contributed by atoms with Gasteiger partial charge in [-0.15, -0.1) is 0 Å². The number of nitrogens with zero attached hydrogens (tertiary/aromatic N) is 1. The van der Waals surface area contributed by atoms with Crippen LogP contribution in [0.15, 0.2) is 54.6 Å². The van der Waals surface area contributed by atoms with E-state index < -0.39 is 4.92 Å². The summed E-state index contributed by atoms with van der Waals surface area (Å²) in [6.07, 6.45) is 0. The minimum atomic E-state index is -0.445. The van der Waals surface area contributed by atoms with Crippen LogP contribution in [0.1, 0.15) is 11.6 Å². The summed E-state index contributed by atoms with van der Waals surface area (Å²) in [4.78, 5) is 10.1. The molecule has 0 aromatic heterocycles. The normalized spacial score (nSPS) is 11.8. The van der Waals surface area contributed by atoms with Crippen LogP contribution in [0.4, 0.5) is 5.69 Å². The van der Waals surface area contributed by atoms with Crippen molar-refractivity contribution in [3.05, 3.63) is 70.3 Å². The van der Waals surface area contributed by atoms with Crippen LogP contribution in [-0.4, -0.2) is 11.5 Å². The topological polar surface area (TPSA) is 78.4 Å². The largest absolute Gasteiger partial charge is 0.492 e. The standard InChI is InChI=1S/C14H14N2O3/c15-14(11-4-2-1-3-5-11)10-19-13-8-6-12(7-9-13)16(17)18/h1-9,14H,10,15H2. The fourth-order valence-corrected chi connectivity index (χ4v) is 1.65. The maximum atomic E-state index is 10.5. The molecule has 0 spiro atoms. The molecule has 0 saturated carbocycles. The van der Waals surface area contributed by atoms with E-state index >= 15 is 0 Å². The molecule has 0 aliphatic rings. The summed E-state index contributed by atoms with van der Waals surface area (Å²) < 4.78 is 5.51. The third kappa shape index (κ3) is 3.53. The Hall–Kier alpha value is -2.40. The summed E-state index contributed by atoms with van der Waals surface area (Å²) in [5, 5.41) is 10.5. The van der Waals surface area contributed by atoms with Gasteiger partial charge in [0.25, 0.3) is 5.69 Å². The molecule has 0 saturated heterocycles. The molecular formula is C14H14N2O3. The van der Waals surface area contributed by atoms with Gasteiger partial charge in [0, 0.05) is 12.1 Å². The van der Waals surface area contributed by atoms with Crippen molar-refractivity contribution in [3.63, 3.8) is 0 Å². The number of nitro groups is 1. The summed E-state index contributed by atoms with van der Waals surface area (Å²) in [6, 6.07) is 15.3. The van der Waals surface area contributed by atoms with Crippen LogP contribution in [0, 0.1) is 10.1 Å². The van der Waals surface area contributed by atoms with Gasteiger partial charge in [0.05, 0.1) is 11.0 Å². The SMILES string of the molecule is NC(COc1ccc([N+](=O)[O-])cc1)c1ccccc1. The highest BCUT2D eigenvalue weighted by atomic mass is 16.6. The number of rotatable bonds is 5. The Balaban J connectivity index is 1.93. The summed E-state index contributed by atoms with van der Waals surface area (Å²) in [5.74, 6) is 0.567. The molecule has 0 aliphatic carbocycles. The van der Waals surface area contributed by atoms with Gasteiger partial charge in [-0.25, -0.2) is 0 Å². The average Bonchev–Trinajstić information content (AvgIpc) is 2.46. The first kappa shape index (κ1) is 13.0. The first-order chi connectivity index (χ1) is 9.16. The molecule has 0 radical (unpaired) electrons. The first-order valence-electron chi connectivity index (χ1n) is 5.84. The van der Waals surface area contributed by atoms with E-state index in [4.69, 9.17) is 10.5 Å². The smallest absolute Gasteiger partial charge is 0.269 e. The van der Waals surface area contributed by atoms with E-state index in [-0.39, 0.29) is 11.7 Å². The van der Waals surface area contributed by atoms with Crippen LogP contribution in [0.2, 0.25) is 0 Å². The van der Waals surface area contributed by atoms with Crippen LogP contribution in [0.5, 0.6) is 5.75 Å². The molecule has 98 valence electrons. The van der Waals surface area contributed by atoms with Gasteiger partial charge in [-0.1, -0.05) is 30.3 Å². The van der Waals surface area contributed by atoms with E-state index in [1.54, 1.807) is 12.1 Å². The fraction of sp³-hybridized carbons (Fsp3) is 0.143. The van der Waals surface area contributed by atoms with Gasteiger partial charge in [0.2, 0.25) is 0 Å². The third-order valence-corrected chi connectivity index (χ3v) is 2.70. The molecule has 1 unspecified atom stereocenters. The molecule has 2 N–H and O–H groups in total. The Morgan fingerprint density at radius 2 is 1.74 bits per heavy atom. The summed E-state index contributed by atoms with van der Waals surface area (Å²) in [7, 11) is 0. The predicted molar refractivity (Wildman–Crippen MR) is 72.0 cm³/mol. The van der Waals surface area contributed by atoms with Crippen molar-refractivity contribution in [2.75, 3.05) is 6.61 Å². The number of nitro benzene ring substituents is 1. The number of hydrogen-bond donors (Lipinski definition) is 1. The molecule has 0 bridgehead atoms. The molecule has 0 fully saturated rings. The molecule has 0 amide bonds. The number of non-ortho nitro benzene ring substituents is 1. The summed E-state index contributed by atoms with van der Waals surface area (Å²) in [5.41, 5.74) is 7.02. The van der Waals surface area contributed by atoms with E-state index in [1.807, 2.05) is 30.3 Å². The summed E-state index contributed by atoms with van der Waals surface area (Å²) in [6.45, 7) is 0.321. The minimum Gasteiger partial charge on any atom is -0.492 e. The quantitative estimate of drug-likeness (QED) is 0.660. The number of ether oxygens (including phenoxy) is 1. The zero-order valence-corrected chi connectivity index (χ0v) is 10.2. The van der Waals surface area contributed by atoms with Crippen molar-refractivity contribution in [2.24, 2.45) is 5.73 Å². The van der Waals surface area contributed by atoms with Crippen molar-refractivity contribution < 1.29 is 9.66 Å². The van der Waals surface area contributed by atoms with E-state index in [1.165, 1.54) is 12.1 Å². The number of nitrogens with two attached hydrogens (primary N) is 1. The maximum absolute atomic E-state index is 10.5. The van der Waals surface area contributed by atoms with Crippen molar-refractivity contribution in [1.29, 1.82) is 0 Å². The predicted octanol–water partition coefficient (Wildman–Crippen LogP) is 2.67. The van der Waals surface area contributed by atoms with Gasteiger partial charge < -0.3 is 10.5 Å². The minimum absolute atomic E-state index is 0.0414. The zero-order chi connectivity index (χ0) is 13.7. The molecule has 5 nitrogen and oxygen atoms in total. The lowest BCUT2D eigenvalue weighted by atomic mass is 10.1. The van der Waals surface area contributed by atoms with Crippen LogP contribution >= 0.6 is 0 Å². The molecule has 19 heavy (non-hydrogen) atoms. The third-order valence-electron chi connectivity index (χ3n) is 2.70. The lowest BCUT2D eigenvalue weighted by molar-refractivity contribution is -0.384. The maximum Gasteiger partial charge on any atom is 0.269 e. The zero-order valence-electron chi connectivity index (χ0n) is 10.2. The lowest BCUT2D eigenvalue weighted by Crippen LogP contribution is -2.18. The highest BCUT2D eigenvalue weighted by Gasteiger charge is 2.08. The van der Waals surface area contributed by atoms with Crippen molar-refractivity contribution >= 4 is 5.69 Å². The Morgan fingerprint density at radius 3 is 2.32 bits per heavy atom.